The molecule has 17 heavy (non-hydrogen) atoms. The van der Waals surface area contributed by atoms with Gasteiger partial charge in [0.05, 0.1) is 5.56 Å². The van der Waals surface area contributed by atoms with Gasteiger partial charge in [0.2, 0.25) is 0 Å². The van der Waals surface area contributed by atoms with E-state index in [9.17, 15) is 13.2 Å². The molecule has 0 aliphatic carbocycles. The summed E-state index contributed by atoms with van der Waals surface area (Å²) < 4.78 is 37.0. The first-order valence-corrected chi connectivity index (χ1v) is 4.47. The summed E-state index contributed by atoms with van der Waals surface area (Å²) in [4.78, 5) is 0. The molecule has 1 aromatic rings. The van der Waals surface area contributed by atoms with Crippen LogP contribution in [0.15, 0.2) is 24.3 Å². The van der Waals surface area contributed by atoms with Gasteiger partial charge in [-0.2, -0.15) is 18.4 Å². The van der Waals surface area contributed by atoms with E-state index < -0.39 is 11.7 Å². The Labute approximate surface area is 123 Å². The molecule has 0 bridgehead atoms. The Hall–Kier alpha value is -0.810. The van der Waals surface area contributed by atoms with Crippen LogP contribution < -0.4 is 10.6 Å². The molecule has 0 aliphatic rings. The summed E-state index contributed by atoms with van der Waals surface area (Å²) in [5.74, 6) is 0. The molecular weight excluding hydrogens is 262 g/mol. The van der Waals surface area contributed by atoms with Crippen LogP contribution in [-0.4, -0.2) is 34.7 Å². The average molecular weight is 269 g/mol. The van der Waals surface area contributed by atoms with Gasteiger partial charge in [-0.15, -0.1) is 0 Å². The molecule has 2 N–H and O–H groups in total. The van der Waals surface area contributed by atoms with Gasteiger partial charge in [-0.05, 0) is 30.4 Å². The van der Waals surface area contributed by atoms with Gasteiger partial charge in [0, 0.05) is 5.69 Å². The first-order chi connectivity index (χ1) is 7.43. The number of benzene rings is 1. The molecular formula is C9H7F3N3NaS. The normalized spacial score (nSPS) is 9.76. The Morgan fingerprint density at radius 2 is 2.00 bits per heavy atom. The van der Waals surface area contributed by atoms with Crippen molar-refractivity contribution >= 4 is 52.6 Å². The fraction of sp³-hybridized carbons (Fsp3) is 0.111. The van der Waals surface area contributed by atoms with Gasteiger partial charge in [0.25, 0.3) is 0 Å². The second-order valence-corrected chi connectivity index (χ2v) is 3.18. The molecule has 0 aliphatic heterocycles. The first-order valence-electron chi connectivity index (χ1n) is 4.07. The van der Waals surface area contributed by atoms with E-state index in [0.717, 1.165) is 12.1 Å². The van der Waals surface area contributed by atoms with Crippen LogP contribution in [0.25, 0.3) is 0 Å². The fourth-order valence-corrected chi connectivity index (χ4v) is 1.15. The van der Waals surface area contributed by atoms with Crippen LogP contribution in [0.2, 0.25) is 0 Å². The monoisotopic (exact) mass is 269 g/mol. The maximum atomic E-state index is 12.3. The predicted molar refractivity (Wildman–Crippen MR) is 63.6 cm³/mol. The van der Waals surface area contributed by atoms with Crippen molar-refractivity contribution in [1.29, 1.82) is 5.26 Å². The van der Waals surface area contributed by atoms with Crippen molar-refractivity contribution in [3.05, 3.63) is 29.8 Å². The van der Waals surface area contributed by atoms with E-state index in [4.69, 9.17) is 5.26 Å². The summed E-state index contributed by atoms with van der Waals surface area (Å²) in [5.41, 5.74) is -0.611. The summed E-state index contributed by atoms with van der Waals surface area (Å²) in [6.45, 7) is 0. The van der Waals surface area contributed by atoms with E-state index in [1.807, 2.05) is 0 Å². The number of halogens is 3. The van der Waals surface area contributed by atoms with E-state index in [1.165, 1.54) is 12.1 Å². The third-order valence-electron chi connectivity index (χ3n) is 1.62. The Kier molecular flexibility index (Phi) is 6.49. The van der Waals surface area contributed by atoms with E-state index >= 15 is 0 Å². The fourth-order valence-electron chi connectivity index (χ4n) is 0.986. The zero-order chi connectivity index (χ0) is 12.2. The molecule has 0 fully saturated rings. The number of hydrogen-bond acceptors (Lipinski definition) is 2. The average Bonchev–Trinajstić information content (AvgIpc) is 2.17. The molecule has 0 spiro atoms. The van der Waals surface area contributed by atoms with Crippen LogP contribution in [0.1, 0.15) is 5.56 Å². The molecule has 0 saturated heterocycles. The van der Waals surface area contributed by atoms with E-state index in [-0.39, 0.29) is 40.4 Å². The van der Waals surface area contributed by atoms with Gasteiger partial charge in [0.15, 0.2) is 11.3 Å². The van der Waals surface area contributed by atoms with E-state index in [2.05, 4.69) is 22.9 Å². The number of anilines is 1. The van der Waals surface area contributed by atoms with E-state index in [1.54, 1.807) is 6.19 Å². The number of nitrogens with zero attached hydrogens (tertiary/aromatic N) is 1. The number of nitrogens with one attached hydrogen (secondary N) is 2. The van der Waals surface area contributed by atoms with Crippen molar-refractivity contribution in [2.24, 2.45) is 0 Å². The number of alkyl halides is 3. The van der Waals surface area contributed by atoms with Crippen LogP contribution in [0.3, 0.4) is 0 Å². The summed E-state index contributed by atoms with van der Waals surface area (Å²) in [6.07, 6.45) is -2.84. The SMILES string of the molecule is N#CNC(=S)Nc1cccc(C(F)(F)F)c1.[NaH]. The summed E-state index contributed by atoms with van der Waals surface area (Å²) in [6, 6.07) is 4.53. The van der Waals surface area contributed by atoms with Crippen LogP contribution >= 0.6 is 12.2 Å². The minimum absolute atomic E-state index is 0. The second-order valence-electron chi connectivity index (χ2n) is 2.77. The van der Waals surface area contributed by atoms with Gasteiger partial charge in [0.1, 0.15) is 0 Å². The van der Waals surface area contributed by atoms with Crippen LogP contribution in [0.5, 0.6) is 0 Å². The zero-order valence-corrected chi connectivity index (χ0v) is 8.62. The van der Waals surface area contributed by atoms with Gasteiger partial charge in [-0.25, -0.2) is 0 Å². The minimum atomic E-state index is -4.40. The molecule has 3 nitrogen and oxygen atoms in total. The summed E-state index contributed by atoms with van der Waals surface area (Å²) in [7, 11) is 0. The van der Waals surface area contributed by atoms with Gasteiger partial charge in [-0.1, -0.05) is 6.07 Å². The molecule has 0 heterocycles. The Morgan fingerprint density at radius 1 is 1.35 bits per heavy atom. The molecule has 0 atom stereocenters. The summed E-state index contributed by atoms with van der Waals surface area (Å²) in [5, 5.41) is 12.7. The summed E-state index contributed by atoms with van der Waals surface area (Å²) >= 11 is 4.65. The predicted octanol–water partition coefficient (Wildman–Crippen LogP) is 1.82. The van der Waals surface area contributed by atoms with Crippen LogP contribution in [0.4, 0.5) is 18.9 Å². The molecule has 0 saturated carbocycles. The van der Waals surface area contributed by atoms with Crippen molar-refractivity contribution < 1.29 is 13.2 Å². The molecule has 1 aromatic carbocycles. The molecule has 1 rings (SSSR count). The first kappa shape index (κ1) is 16.2. The van der Waals surface area contributed by atoms with Crippen LogP contribution in [0, 0.1) is 11.5 Å². The standard InChI is InChI=1S/C9H6F3N3S.Na.H/c10-9(11,12)6-2-1-3-7(4-6)15-8(16)14-5-13;;/h1-4H,(H2,14,15,16);;. The number of hydrogen-bond donors (Lipinski definition) is 2. The third-order valence-corrected chi connectivity index (χ3v) is 1.82. The number of rotatable bonds is 1. The number of nitriles is 1. The van der Waals surface area contributed by atoms with Gasteiger partial charge in [-0.3, -0.25) is 5.32 Å². The Bertz CT molecular complexity index is 442. The molecule has 86 valence electrons. The Balaban J connectivity index is 0.00000256. The van der Waals surface area contributed by atoms with Crippen molar-refractivity contribution in [3.63, 3.8) is 0 Å². The zero-order valence-electron chi connectivity index (χ0n) is 7.80. The van der Waals surface area contributed by atoms with E-state index in [0.29, 0.717) is 0 Å². The second kappa shape index (κ2) is 6.81. The molecule has 0 amide bonds. The van der Waals surface area contributed by atoms with Crippen molar-refractivity contribution in [2.45, 2.75) is 6.18 Å². The molecule has 0 unspecified atom stereocenters. The van der Waals surface area contributed by atoms with Gasteiger partial charge < -0.3 is 5.32 Å². The third kappa shape index (κ3) is 5.37. The van der Waals surface area contributed by atoms with Crippen LogP contribution in [-0.2, 0) is 6.18 Å². The van der Waals surface area contributed by atoms with Crippen molar-refractivity contribution in [3.8, 4) is 6.19 Å². The molecule has 0 radical (unpaired) electrons. The van der Waals surface area contributed by atoms with Crippen molar-refractivity contribution in [1.82, 2.24) is 5.32 Å². The van der Waals surface area contributed by atoms with Gasteiger partial charge >= 0.3 is 35.7 Å². The Morgan fingerprint density at radius 3 is 2.53 bits per heavy atom. The number of thiocarbonyl (C=S) groups is 1. The maximum absolute atomic E-state index is 12.3. The van der Waals surface area contributed by atoms with Crippen molar-refractivity contribution in [2.75, 3.05) is 5.32 Å². The molecule has 8 heteroatoms. The topological polar surface area (TPSA) is 47.9 Å². The quantitative estimate of drug-likeness (QED) is 0.353. The molecule has 0 aromatic heterocycles.